The molecule has 2 amide bonds. The van der Waals surface area contributed by atoms with Gasteiger partial charge in [0.15, 0.2) is 0 Å². The molecule has 0 fully saturated rings. The Morgan fingerprint density at radius 2 is 1.77 bits per heavy atom. The van der Waals surface area contributed by atoms with Crippen LogP contribution in [0.15, 0.2) is 54.6 Å². The van der Waals surface area contributed by atoms with Gasteiger partial charge in [-0.3, -0.25) is 9.59 Å². The van der Waals surface area contributed by atoms with Gasteiger partial charge in [-0.25, -0.2) is 4.39 Å². The van der Waals surface area contributed by atoms with Gasteiger partial charge in [0.2, 0.25) is 11.8 Å². The highest BCUT2D eigenvalue weighted by Crippen LogP contribution is 2.24. The Hall–Kier alpha value is -2.73. The van der Waals surface area contributed by atoms with Crippen LogP contribution in [0.4, 0.5) is 4.39 Å². The lowest BCUT2D eigenvalue weighted by molar-refractivity contribution is -0.141. The number of carbonyl (C=O) groups is 2. The fourth-order valence-electron chi connectivity index (χ4n) is 2.70. The molecule has 138 valence electrons. The van der Waals surface area contributed by atoms with Crippen LogP contribution in [0, 0.1) is 5.82 Å². The lowest BCUT2D eigenvalue weighted by atomic mass is 10.0. The Balaban J connectivity index is 2.38. The zero-order valence-corrected chi connectivity index (χ0v) is 14.7. The van der Waals surface area contributed by atoms with E-state index in [1.807, 2.05) is 6.07 Å². The number of carbonyl (C=O) groups excluding carboxylic acids is 2. The quantitative estimate of drug-likeness (QED) is 0.761. The van der Waals surface area contributed by atoms with E-state index in [0.717, 1.165) is 5.56 Å². The molecule has 2 aromatic carbocycles. The molecule has 0 saturated carbocycles. The maximum Gasteiger partial charge on any atom is 0.247 e. The van der Waals surface area contributed by atoms with Crippen molar-refractivity contribution in [1.82, 2.24) is 10.2 Å². The minimum Gasteiger partial charge on any atom is -0.395 e. The second-order valence-corrected chi connectivity index (χ2v) is 5.83. The molecule has 0 spiro atoms. The molecule has 2 N–H and O–H groups in total. The Bertz CT molecular complexity index is 720. The minimum absolute atomic E-state index is 0.104. The second kappa shape index (κ2) is 9.68. The smallest absolute Gasteiger partial charge is 0.247 e. The molecule has 0 unspecified atom stereocenters. The third-order valence-electron chi connectivity index (χ3n) is 3.98. The summed E-state index contributed by atoms with van der Waals surface area (Å²) < 4.78 is 13.2. The van der Waals surface area contributed by atoms with Crippen LogP contribution in [0.25, 0.3) is 0 Å². The molecule has 6 heteroatoms. The normalized spacial score (nSPS) is 11.7. The maximum atomic E-state index is 13.2. The van der Waals surface area contributed by atoms with Crippen LogP contribution in [0.1, 0.15) is 30.5 Å². The highest BCUT2D eigenvalue weighted by molar-refractivity contribution is 5.88. The molecular formula is C20H23FN2O3. The second-order valence-electron chi connectivity index (χ2n) is 5.83. The van der Waals surface area contributed by atoms with Crippen molar-refractivity contribution >= 4 is 11.8 Å². The van der Waals surface area contributed by atoms with Crippen LogP contribution in [0.5, 0.6) is 0 Å². The number of amides is 2. The number of hydrogen-bond acceptors (Lipinski definition) is 3. The van der Waals surface area contributed by atoms with E-state index in [1.54, 1.807) is 43.3 Å². The van der Waals surface area contributed by atoms with E-state index in [2.05, 4.69) is 5.32 Å². The summed E-state index contributed by atoms with van der Waals surface area (Å²) in [6.07, 6.45) is 0.234. The molecule has 0 aliphatic heterocycles. The van der Waals surface area contributed by atoms with E-state index < -0.39 is 6.04 Å². The first kappa shape index (κ1) is 19.6. The van der Waals surface area contributed by atoms with Gasteiger partial charge in [-0.15, -0.1) is 0 Å². The molecule has 0 aliphatic carbocycles. The molecule has 5 nitrogen and oxygen atoms in total. The summed E-state index contributed by atoms with van der Waals surface area (Å²) in [5, 5.41) is 11.6. The fourth-order valence-corrected chi connectivity index (χ4v) is 2.70. The van der Waals surface area contributed by atoms with Crippen LogP contribution in [0.3, 0.4) is 0 Å². The van der Waals surface area contributed by atoms with Crippen molar-refractivity contribution < 1.29 is 19.1 Å². The highest BCUT2D eigenvalue weighted by Gasteiger charge is 2.30. The van der Waals surface area contributed by atoms with Gasteiger partial charge >= 0.3 is 0 Å². The largest absolute Gasteiger partial charge is 0.395 e. The Labute approximate surface area is 152 Å². The number of benzene rings is 2. The van der Waals surface area contributed by atoms with Crippen molar-refractivity contribution in [3.05, 3.63) is 71.5 Å². The van der Waals surface area contributed by atoms with Gasteiger partial charge in [0.05, 0.1) is 6.61 Å². The number of aliphatic hydroxyl groups is 1. The predicted molar refractivity (Wildman–Crippen MR) is 96.5 cm³/mol. The molecule has 2 aromatic rings. The standard InChI is InChI=1S/C20H23FN2O3/c1-2-18(25)23(14-15-8-10-17(21)11-9-15)19(20(26)22-12-13-24)16-6-4-3-5-7-16/h3-11,19,24H,2,12-14H2,1H3,(H,22,26)/t19-/m0/s1. The van der Waals surface area contributed by atoms with Crippen LogP contribution in [0.2, 0.25) is 0 Å². The molecule has 0 aliphatic rings. The molecule has 0 radical (unpaired) electrons. The van der Waals surface area contributed by atoms with Crippen molar-refractivity contribution in [1.29, 1.82) is 0 Å². The summed E-state index contributed by atoms with van der Waals surface area (Å²) in [4.78, 5) is 26.8. The molecule has 26 heavy (non-hydrogen) atoms. The van der Waals surface area contributed by atoms with Crippen molar-refractivity contribution in [3.63, 3.8) is 0 Å². The maximum absolute atomic E-state index is 13.2. The number of halogens is 1. The van der Waals surface area contributed by atoms with Crippen molar-refractivity contribution in [2.75, 3.05) is 13.2 Å². The minimum atomic E-state index is -0.833. The average Bonchev–Trinajstić information content (AvgIpc) is 2.67. The number of hydrogen-bond donors (Lipinski definition) is 2. The van der Waals surface area contributed by atoms with Gasteiger partial charge in [0, 0.05) is 19.5 Å². The zero-order valence-electron chi connectivity index (χ0n) is 14.7. The summed E-state index contributed by atoms with van der Waals surface area (Å²) in [7, 11) is 0. The zero-order chi connectivity index (χ0) is 18.9. The molecule has 2 rings (SSSR count). The Morgan fingerprint density at radius 1 is 1.12 bits per heavy atom. The number of aliphatic hydroxyl groups excluding tert-OH is 1. The average molecular weight is 358 g/mol. The van der Waals surface area contributed by atoms with Gasteiger partial charge in [0.1, 0.15) is 11.9 Å². The predicted octanol–water partition coefficient (Wildman–Crippen LogP) is 2.41. The van der Waals surface area contributed by atoms with Gasteiger partial charge < -0.3 is 15.3 Å². The lowest BCUT2D eigenvalue weighted by Gasteiger charge is -2.31. The van der Waals surface area contributed by atoms with E-state index >= 15 is 0 Å². The first-order chi connectivity index (χ1) is 12.6. The molecule has 1 atom stereocenters. The Kier molecular flexibility index (Phi) is 7.29. The van der Waals surface area contributed by atoms with Gasteiger partial charge in [-0.1, -0.05) is 49.4 Å². The molecular weight excluding hydrogens is 335 g/mol. The third-order valence-corrected chi connectivity index (χ3v) is 3.98. The number of nitrogens with one attached hydrogen (secondary N) is 1. The van der Waals surface area contributed by atoms with E-state index in [-0.39, 0.29) is 43.7 Å². The van der Waals surface area contributed by atoms with Gasteiger partial charge in [-0.05, 0) is 23.3 Å². The fraction of sp³-hybridized carbons (Fsp3) is 0.300. The van der Waals surface area contributed by atoms with Crippen molar-refractivity contribution in [2.24, 2.45) is 0 Å². The summed E-state index contributed by atoms with van der Waals surface area (Å²) in [5.74, 6) is -0.918. The highest BCUT2D eigenvalue weighted by atomic mass is 19.1. The van der Waals surface area contributed by atoms with E-state index in [9.17, 15) is 14.0 Å². The van der Waals surface area contributed by atoms with E-state index in [1.165, 1.54) is 17.0 Å². The third kappa shape index (κ3) is 5.13. The van der Waals surface area contributed by atoms with Crippen LogP contribution in [-0.4, -0.2) is 35.0 Å². The summed E-state index contributed by atoms with van der Waals surface area (Å²) in [5.41, 5.74) is 1.40. The van der Waals surface area contributed by atoms with E-state index in [0.29, 0.717) is 5.56 Å². The van der Waals surface area contributed by atoms with Crippen LogP contribution < -0.4 is 5.32 Å². The number of nitrogens with zero attached hydrogens (tertiary/aromatic N) is 1. The Morgan fingerprint density at radius 3 is 2.35 bits per heavy atom. The SMILES string of the molecule is CCC(=O)N(Cc1ccc(F)cc1)[C@H](C(=O)NCCO)c1ccccc1. The molecule has 0 bridgehead atoms. The van der Waals surface area contributed by atoms with Gasteiger partial charge in [0.25, 0.3) is 0 Å². The first-order valence-electron chi connectivity index (χ1n) is 8.54. The molecule has 0 heterocycles. The van der Waals surface area contributed by atoms with Crippen LogP contribution in [-0.2, 0) is 16.1 Å². The van der Waals surface area contributed by atoms with Gasteiger partial charge in [-0.2, -0.15) is 0 Å². The summed E-state index contributed by atoms with van der Waals surface area (Å²) >= 11 is 0. The number of rotatable bonds is 8. The monoisotopic (exact) mass is 358 g/mol. The van der Waals surface area contributed by atoms with Crippen molar-refractivity contribution in [3.8, 4) is 0 Å². The molecule has 0 saturated heterocycles. The first-order valence-corrected chi connectivity index (χ1v) is 8.54. The van der Waals surface area contributed by atoms with Crippen LogP contribution >= 0.6 is 0 Å². The molecule has 0 aromatic heterocycles. The summed E-state index contributed by atoms with van der Waals surface area (Å²) in [6.45, 7) is 1.83. The lowest BCUT2D eigenvalue weighted by Crippen LogP contribution is -2.43. The van der Waals surface area contributed by atoms with Crippen molar-refractivity contribution in [2.45, 2.75) is 25.9 Å². The topological polar surface area (TPSA) is 69.6 Å². The summed E-state index contributed by atoms with van der Waals surface area (Å²) in [6, 6.07) is 14.0. The van der Waals surface area contributed by atoms with E-state index in [4.69, 9.17) is 5.11 Å².